The lowest BCUT2D eigenvalue weighted by atomic mass is 10.1. The fourth-order valence-corrected chi connectivity index (χ4v) is 4.16. The Morgan fingerprint density at radius 1 is 0.943 bits per heavy atom. The number of aromatic nitrogens is 2. The maximum absolute atomic E-state index is 11.5. The van der Waals surface area contributed by atoms with Gasteiger partial charge in [-0.15, -0.1) is 0 Å². The standard InChI is InChI=1S/C26H38N4O5/c1-4-34-23(31)10-7-5-6-8-19-35-24-21(11-12-22(32-2)25(24)33-3)20-29-15-17-30(18-16-29)26-27-13-9-14-28-26/h9,11-14H,4-8,10,15-20H2,1-3H3. The van der Waals surface area contributed by atoms with Gasteiger partial charge in [0.1, 0.15) is 0 Å². The Balaban J connectivity index is 1.53. The van der Waals surface area contributed by atoms with Crippen LogP contribution in [-0.4, -0.2) is 74.4 Å². The van der Waals surface area contributed by atoms with E-state index in [1.165, 1.54) is 0 Å². The van der Waals surface area contributed by atoms with Gasteiger partial charge in [-0.3, -0.25) is 9.69 Å². The molecule has 0 saturated carbocycles. The first kappa shape index (κ1) is 26.5. The molecule has 0 spiro atoms. The van der Waals surface area contributed by atoms with Gasteiger partial charge in [-0.1, -0.05) is 18.9 Å². The van der Waals surface area contributed by atoms with Crippen molar-refractivity contribution in [3.63, 3.8) is 0 Å². The molecule has 0 atom stereocenters. The first-order chi connectivity index (χ1) is 17.2. The summed E-state index contributed by atoms with van der Waals surface area (Å²) in [7, 11) is 3.28. The van der Waals surface area contributed by atoms with E-state index in [0.29, 0.717) is 31.1 Å². The Morgan fingerprint density at radius 3 is 2.37 bits per heavy atom. The lowest BCUT2D eigenvalue weighted by Crippen LogP contribution is -2.46. The van der Waals surface area contributed by atoms with Crippen LogP contribution in [0.5, 0.6) is 17.2 Å². The number of rotatable bonds is 14. The van der Waals surface area contributed by atoms with Crippen molar-refractivity contribution in [2.24, 2.45) is 0 Å². The SMILES string of the molecule is CCOC(=O)CCCCCCOc1c(CN2CCN(c3ncccn3)CC2)ccc(OC)c1OC. The lowest BCUT2D eigenvalue weighted by Gasteiger charge is -2.35. The molecule has 0 unspecified atom stereocenters. The molecule has 2 aromatic rings. The summed E-state index contributed by atoms with van der Waals surface area (Å²) in [5, 5.41) is 0. The molecular weight excluding hydrogens is 448 g/mol. The van der Waals surface area contributed by atoms with Crippen molar-refractivity contribution in [1.29, 1.82) is 0 Å². The van der Waals surface area contributed by atoms with E-state index >= 15 is 0 Å². The van der Waals surface area contributed by atoms with Gasteiger partial charge in [0.2, 0.25) is 11.7 Å². The van der Waals surface area contributed by atoms with Crippen molar-refractivity contribution in [2.45, 2.75) is 45.6 Å². The van der Waals surface area contributed by atoms with E-state index in [9.17, 15) is 4.79 Å². The van der Waals surface area contributed by atoms with E-state index in [4.69, 9.17) is 18.9 Å². The zero-order valence-corrected chi connectivity index (χ0v) is 21.2. The Morgan fingerprint density at radius 2 is 1.69 bits per heavy atom. The largest absolute Gasteiger partial charge is 0.493 e. The molecule has 3 rings (SSSR count). The number of carbonyl (C=O) groups excluding carboxylic acids is 1. The summed E-state index contributed by atoms with van der Waals surface area (Å²) in [6.45, 7) is 7.18. The number of nitrogens with zero attached hydrogens (tertiary/aromatic N) is 4. The molecule has 9 nitrogen and oxygen atoms in total. The number of methoxy groups -OCH3 is 2. The smallest absolute Gasteiger partial charge is 0.305 e. The number of ether oxygens (including phenoxy) is 4. The van der Waals surface area contributed by atoms with Crippen molar-refractivity contribution in [1.82, 2.24) is 14.9 Å². The molecule has 35 heavy (non-hydrogen) atoms. The minimum Gasteiger partial charge on any atom is -0.493 e. The normalized spacial score (nSPS) is 14.0. The van der Waals surface area contributed by atoms with Crippen LogP contribution < -0.4 is 19.1 Å². The van der Waals surface area contributed by atoms with Crippen molar-refractivity contribution in [3.05, 3.63) is 36.2 Å². The summed E-state index contributed by atoms with van der Waals surface area (Å²) in [4.78, 5) is 24.8. The van der Waals surface area contributed by atoms with Crippen LogP contribution in [0, 0.1) is 0 Å². The van der Waals surface area contributed by atoms with E-state index in [0.717, 1.165) is 75.7 Å². The van der Waals surface area contributed by atoms with Crippen LogP contribution in [0.3, 0.4) is 0 Å². The summed E-state index contributed by atoms with van der Waals surface area (Å²) < 4.78 is 22.4. The van der Waals surface area contributed by atoms with Crippen LogP contribution in [0.15, 0.2) is 30.6 Å². The molecular formula is C26H38N4O5. The molecule has 9 heteroatoms. The summed E-state index contributed by atoms with van der Waals surface area (Å²) >= 11 is 0. The minimum absolute atomic E-state index is 0.119. The molecule has 1 aromatic carbocycles. The third-order valence-electron chi connectivity index (χ3n) is 6.01. The van der Waals surface area contributed by atoms with Crippen LogP contribution in [0.1, 0.15) is 44.6 Å². The zero-order valence-electron chi connectivity index (χ0n) is 21.2. The summed E-state index contributed by atoms with van der Waals surface area (Å²) in [5.41, 5.74) is 1.08. The molecule has 1 fully saturated rings. The first-order valence-corrected chi connectivity index (χ1v) is 12.4. The summed E-state index contributed by atoms with van der Waals surface area (Å²) in [5.74, 6) is 2.69. The topological polar surface area (TPSA) is 86.3 Å². The number of hydrogen-bond acceptors (Lipinski definition) is 9. The van der Waals surface area contributed by atoms with Gasteiger partial charge in [0.05, 0.1) is 27.4 Å². The highest BCUT2D eigenvalue weighted by atomic mass is 16.5. The Kier molecular flexibility index (Phi) is 10.9. The van der Waals surface area contributed by atoms with Gasteiger partial charge in [0.25, 0.3) is 0 Å². The summed E-state index contributed by atoms with van der Waals surface area (Å²) in [6, 6.07) is 5.83. The monoisotopic (exact) mass is 486 g/mol. The molecule has 2 heterocycles. The second-order valence-electron chi connectivity index (χ2n) is 8.42. The van der Waals surface area contributed by atoms with Gasteiger partial charge < -0.3 is 23.8 Å². The molecule has 1 aliphatic rings. The number of hydrogen-bond donors (Lipinski definition) is 0. The van der Waals surface area contributed by atoms with Crippen molar-refractivity contribution < 1.29 is 23.7 Å². The third kappa shape index (κ3) is 7.99. The number of anilines is 1. The number of carbonyl (C=O) groups is 1. The molecule has 0 amide bonds. The highest BCUT2D eigenvalue weighted by Crippen LogP contribution is 2.40. The van der Waals surface area contributed by atoms with Gasteiger partial charge in [0, 0.05) is 57.1 Å². The third-order valence-corrected chi connectivity index (χ3v) is 6.01. The fourth-order valence-electron chi connectivity index (χ4n) is 4.16. The highest BCUT2D eigenvalue weighted by Gasteiger charge is 2.22. The molecule has 0 bridgehead atoms. The van der Waals surface area contributed by atoms with Crippen LogP contribution in [-0.2, 0) is 16.1 Å². The maximum Gasteiger partial charge on any atom is 0.305 e. The van der Waals surface area contributed by atoms with Crippen molar-refractivity contribution in [2.75, 3.05) is 58.5 Å². The molecule has 0 aliphatic carbocycles. The first-order valence-electron chi connectivity index (χ1n) is 12.4. The molecule has 0 N–H and O–H groups in total. The zero-order chi connectivity index (χ0) is 24.9. The van der Waals surface area contributed by atoms with E-state index in [1.807, 2.05) is 19.1 Å². The van der Waals surface area contributed by atoms with E-state index in [2.05, 4.69) is 25.8 Å². The highest BCUT2D eigenvalue weighted by molar-refractivity contribution is 5.69. The van der Waals surface area contributed by atoms with Crippen molar-refractivity contribution >= 4 is 11.9 Å². The van der Waals surface area contributed by atoms with Gasteiger partial charge in [-0.25, -0.2) is 9.97 Å². The molecule has 1 saturated heterocycles. The van der Waals surface area contributed by atoms with Crippen LogP contribution in [0.4, 0.5) is 5.95 Å². The predicted molar refractivity (Wildman–Crippen MR) is 134 cm³/mol. The molecule has 1 aromatic heterocycles. The average Bonchev–Trinajstić information content (AvgIpc) is 2.89. The van der Waals surface area contributed by atoms with E-state index in [-0.39, 0.29) is 5.97 Å². The Labute approximate surface area is 208 Å². The molecule has 1 aliphatic heterocycles. The lowest BCUT2D eigenvalue weighted by molar-refractivity contribution is -0.143. The Hall–Kier alpha value is -3.07. The van der Waals surface area contributed by atoms with E-state index in [1.54, 1.807) is 26.6 Å². The average molecular weight is 487 g/mol. The van der Waals surface area contributed by atoms with Gasteiger partial charge in [0.15, 0.2) is 11.5 Å². The number of unbranched alkanes of at least 4 members (excludes halogenated alkanes) is 3. The van der Waals surface area contributed by atoms with Crippen molar-refractivity contribution in [3.8, 4) is 17.2 Å². The quantitative estimate of drug-likeness (QED) is 0.293. The number of piperazine rings is 1. The van der Waals surface area contributed by atoms with Crippen LogP contribution in [0.25, 0.3) is 0 Å². The maximum atomic E-state index is 11.5. The molecule has 0 radical (unpaired) electrons. The number of esters is 1. The van der Waals surface area contributed by atoms with Gasteiger partial charge in [-0.05, 0) is 31.9 Å². The van der Waals surface area contributed by atoms with Crippen LogP contribution in [0.2, 0.25) is 0 Å². The Bertz CT molecular complexity index is 904. The van der Waals surface area contributed by atoms with Gasteiger partial charge >= 0.3 is 5.97 Å². The minimum atomic E-state index is -0.119. The second-order valence-corrected chi connectivity index (χ2v) is 8.42. The fraction of sp³-hybridized carbons (Fsp3) is 0.577. The second kappa shape index (κ2) is 14.4. The molecule has 192 valence electrons. The summed E-state index contributed by atoms with van der Waals surface area (Å²) in [6.07, 6.45) is 7.74. The van der Waals surface area contributed by atoms with E-state index < -0.39 is 0 Å². The predicted octanol–water partition coefficient (Wildman–Crippen LogP) is 3.71. The van der Waals surface area contributed by atoms with Crippen LogP contribution >= 0.6 is 0 Å². The van der Waals surface area contributed by atoms with Gasteiger partial charge in [-0.2, -0.15) is 0 Å². The number of benzene rings is 1.